The maximum absolute atomic E-state index is 12.3. The van der Waals surface area contributed by atoms with E-state index in [9.17, 15) is 9.59 Å². The number of ether oxygens (including phenoxy) is 2. The molecule has 0 aliphatic carbocycles. The van der Waals surface area contributed by atoms with E-state index >= 15 is 0 Å². The number of amides is 2. The van der Waals surface area contributed by atoms with Gasteiger partial charge in [0.05, 0.1) is 6.61 Å². The highest BCUT2D eigenvalue weighted by Gasteiger charge is 2.16. The van der Waals surface area contributed by atoms with Crippen LogP contribution in [0.4, 0.5) is 0 Å². The maximum Gasteiger partial charge on any atom is 0.279 e. The summed E-state index contributed by atoms with van der Waals surface area (Å²) in [5.74, 6) is 0.827. The summed E-state index contributed by atoms with van der Waals surface area (Å²) in [5.41, 5.74) is 5.22. The second kappa shape index (κ2) is 9.78. The first-order chi connectivity index (χ1) is 14.4. The summed E-state index contributed by atoms with van der Waals surface area (Å²) in [5, 5.41) is 2.12. The molecule has 3 aromatic rings. The van der Waals surface area contributed by atoms with Gasteiger partial charge in [0.2, 0.25) is 0 Å². The largest absolute Gasteiger partial charge is 0.493 e. The van der Waals surface area contributed by atoms with Crippen molar-refractivity contribution < 1.29 is 19.1 Å². The lowest BCUT2D eigenvalue weighted by Crippen LogP contribution is -2.47. The Morgan fingerprint density at radius 1 is 0.833 bits per heavy atom. The lowest BCUT2D eigenvalue weighted by molar-refractivity contribution is -0.128. The minimum atomic E-state index is -0.779. The second-order valence-electron chi connectivity index (χ2n) is 7.44. The van der Waals surface area contributed by atoms with E-state index in [0.29, 0.717) is 29.6 Å². The van der Waals surface area contributed by atoms with Crippen LogP contribution in [-0.4, -0.2) is 24.5 Å². The molecule has 2 N–H and O–H groups in total. The minimum absolute atomic E-state index is 0.412. The predicted octanol–water partition coefficient (Wildman–Crippen LogP) is 4.10. The number of hydrogen-bond acceptors (Lipinski definition) is 4. The molecular formula is C24H26N2O4. The zero-order chi connectivity index (χ0) is 21.5. The smallest absolute Gasteiger partial charge is 0.279 e. The molecule has 0 heterocycles. The first kappa shape index (κ1) is 21.2. The molecule has 0 saturated carbocycles. The van der Waals surface area contributed by atoms with Crippen LogP contribution in [0.1, 0.15) is 31.1 Å². The van der Waals surface area contributed by atoms with Crippen molar-refractivity contribution in [2.75, 3.05) is 6.61 Å². The fourth-order valence-corrected chi connectivity index (χ4v) is 2.76. The molecule has 2 amide bonds. The number of hydrazine groups is 1. The number of hydrogen-bond donors (Lipinski definition) is 2. The van der Waals surface area contributed by atoms with E-state index < -0.39 is 17.9 Å². The van der Waals surface area contributed by atoms with Gasteiger partial charge in [0, 0.05) is 5.56 Å². The number of nitrogens with one attached hydrogen (secondary N) is 2. The van der Waals surface area contributed by atoms with Crippen molar-refractivity contribution in [2.45, 2.75) is 26.9 Å². The molecule has 0 aliphatic rings. The highest BCUT2D eigenvalue weighted by molar-refractivity contribution is 5.95. The van der Waals surface area contributed by atoms with Gasteiger partial charge in [0.15, 0.2) is 6.10 Å². The molecule has 6 heteroatoms. The number of benzene rings is 3. The van der Waals surface area contributed by atoms with Crippen molar-refractivity contribution in [3.63, 3.8) is 0 Å². The van der Waals surface area contributed by atoms with Gasteiger partial charge in [-0.1, -0.05) is 44.2 Å². The normalized spacial score (nSPS) is 11.7. The number of carbonyl (C=O) groups excluding carboxylic acids is 2. The molecule has 0 fully saturated rings. The van der Waals surface area contributed by atoms with Crippen LogP contribution in [0.3, 0.4) is 0 Å². The summed E-state index contributed by atoms with van der Waals surface area (Å²) in [7, 11) is 0. The van der Waals surface area contributed by atoms with Crippen molar-refractivity contribution in [1.82, 2.24) is 10.9 Å². The van der Waals surface area contributed by atoms with E-state index in [2.05, 4.69) is 24.7 Å². The van der Waals surface area contributed by atoms with Crippen LogP contribution in [0.15, 0.2) is 66.7 Å². The van der Waals surface area contributed by atoms with Gasteiger partial charge in [0.1, 0.15) is 11.5 Å². The molecule has 0 radical (unpaired) electrons. The molecular weight excluding hydrogens is 380 g/mol. The molecule has 156 valence electrons. The average Bonchev–Trinajstić information content (AvgIpc) is 2.76. The molecule has 0 aromatic heterocycles. The van der Waals surface area contributed by atoms with Gasteiger partial charge in [-0.3, -0.25) is 20.4 Å². The molecule has 3 aromatic carbocycles. The van der Waals surface area contributed by atoms with E-state index in [-0.39, 0.29) is 0 Å². The first-order valence-electron chi connectivity index (χ1n) is 9.91. The maximum atomic E-state index is 12.3. The van der Waals surface area contributed by atoms with Crippen LogP contribution >= 0.6 is 0 Å². The lowest BCUT2D eigenvalue weighted by atomic mass is 10.1. The Morgan fingerprint density at radius 2 is 1.50 bits per heavy atom. The van der Waals surface area contributed by atoms with Gasteiger partial charge in [-0.15, -0.1) is 0 Å². The fourth-order valence-electron chi connectivity index (χ4n) is 2.76. The Kier molecular flexibility index (Phi) is 6.91. The van der Waals surface area contributed by atoms with Crippen LogP contribution in [-0.2, 0) is 4.79 Å². The molecule has 3 rings (SSSR count). The third kappa shape index (κ3) is 5.73. The Balaban J connectivity index is 1.50. The van der Waals surface area contributed by atoms with E-state index in [4.69, 9.17) is 9.47 Å². The summed E-state index contributed by atoms with van der Waals surface area (Å²) in [6, 6.07) is 20.3. The predicted molar refractivity (Wildman–Crippen MR) is 116 cm³/mol. The van der Waals surface area contributed by atoms with E-state index in [1.165, 1.54) is 0 Å². The monoisotopic (exact) mass is 406 g/mol. The van der Waals surface area contributed by atoms with Crippen LogP contribution < -0.4 is 20.3 Å². The Morgan fingerprint density at radius 3 is 2.20 bits per heavy atom. The van der Waals surface area contributed by atoms with Gasteiger partial charge < -0.3 is 9.47 Å². The van der Waals surface area contributed by atoms with E-state index in [1.807, 2.05) is 42.5 Å². The second-order valence-corrected chi connectivity index (χ2v) is 7.44. The molecule has 30 heavy (non-hydrogen) atoms. The van der Waals surface area contributed by atoms with Gasteiger partial charge >= 0.3 is 0 Å². The molecule has 0 saturated heterocycles. The quantitative estimate of drug-likeness (QED) is 0.579. The summed E-state index contributed by atoms with van der Waals surface area (Å²) >= 11 is 0. The highest BCUT2D eigenvalue weighted by atomic mass is 16.5. The first-order valence-corrected chi connectivity index (χ1v) is 9.91. The van der Waals surface area contributed by atoms with Gasteiger partial charge in [-0.2, -0.15) is 0 Å². The van der Waals surface area contributed by atoms with Crippen LogP contribution in [0.2, 0.25) is 0 Å². The summed E-state index contributed by atoms with van der Waals surface area (Å²) in [6.45, 7) is 6.36. The van der Waals surface area contributed by atoms with Crippen molar-refractivity contribution in [3.05, 3.63) is 72.3 Å². The molecule has 0 aliphatic heterocycles. The van der Waals surface area contributed by atoms with Crippen LogP contribution in [0.5, 0.6) is 11.5 Å². The number of fused-ring (bicyclic) bond motifs is 1. The highest BCUT2D eigenvalue weighted by Crippen LogP contribution is 2.21. The van der Waals surface area contributed by atoms with Gasteiger partial charge in [-0.05, 0) is 60.0 Å². The number of rotatable bonds is 7. The summed E-state index contributed by atoms with van der Waals surface area (Å²) in [6.07, 6.45) is -0.779. The van der Waals surface area contributed by atoms with Crippen molar-refractivity contribution in [3.8, 4) is 11.5 Å². The number of carbonyl (C=O) groups is 2. The lowest BCUT2D eigenvalue weighted by Gasteiger charge is -2.15. The van der Waals surface area contributed by atoms with Gasteiger partial charge in [-0.25, -0.2) is 0 Å². The van der Waals surface area contributed by atoms with Crippen molar-refractivity contribution in [1.29, 1.82) is 0 Å². The van der Waals surface area contributed by atoms with Crippen LogP contribution in [0, 0.1) is 5.92 Å². The fraction of sp³-hybridized carbons (Fsp3) is 0.250. The standard InChI is InChI=1S/C24H26N2O4/c1-16(2)15-29-21-11-9-19(10-12-21)24(28)26-25-23(27)17(3)30-22-13-8-18-6-4-5-7-20(18)14-22/h4-14,16-17H,15H2,1-3H3,(H,25,27)(H,26,28). The molecule has 0 spiro atoms. The summed E-state index contributed by atoms with van der Waals surface area (Å²) < 4.78 is 11.3. The van der Waals surface area contributed by atoms with Crippen LogP contribution in [0.25, 0.3) is 10.8 Å². The van der Waals surface area contributed by atoms with E-state index in [0.717, 1.165) is 10.8 Å². The Labute approximate surface area is 176 Å². The van der Waals surface area contributed by atoms with E-state index in [1.54, 1.807) is 31.2 Å². The Bertz CT molecular complexity index is 1020. The third-order valence-electron chi connectivity index (χ3n) is 4.40. The average molecular weight is 406 g/mol. The SMILES string of the molecule is CC(C)COc1ccc(C(=O)NNC(=O)C(C)Oc2ccc3ccccc3c2)cc1. The molecule has 6 nitrogen and oxygen atoms in total. The van der Waals surface area contributed by atoms with Gasteiger partial charge in [0.25, 0.3) is 11.8 Å². The molecule has 0 bridgehead atoms. The van der Waals surface area contributed by atoms with Crippen molar-refractivity contribution in [2.24, 2.45) is 5.92 Å². The zero-order valence-corrected chi connectivity index (χ0v) is 17.3. The topological polar surface area (TPSA) is 76.7 Å². The molecule has 1 atom stereocenters. The molecule has 1 unspecified atom stereocenters. The minimum Gasteiger partial charge on any atom is -0.493 e. The van der Waals surface area contributed by atoms with Crippen molar-refractivity contribution >= 4 is 22.6 Å². The third-order valence-corrected chi connectivity index (χ3v) is 4.40. The summed E-state index contributed by atoms with van der Waals surface area (Å²) in [4.78, 5) is 24.5. The Hall–Kier alpha value is -3.54. The zero-order valence-electron chi connectivity index (χ0n) is 17.3.